The molecule has 0 fully saturated rings. The molecule has 1 heteroatoms. The Hall–Kier alpha value is -0.230. The van der Waals surface area contributed by atoms with E-state index in [1.807, 2.05) is 0 Å². The molecule has 1 atom stereocenters. The van der Waals surface area contributed by atoms with E-state index >= 15 is 0 Å². The van der Waals surface area contributed by atoms with E-state index in [2.05, 4.69) is 13.0 Å². The molecule has 2 aliphatic carbocycles. The van der Waals surface area contributed by atoms with Gasteiger partial charge in [-0.1, -0.05) is 24.1 Å². The van der Waals surface area contributed by atoms with Gasteiger partial charge in [0.25, 0.3) is 0 Å². The van der Waals surface area contributed by atoms with Crippen LogP contribution in [-0.2, 0) is 0 Å². The lowest BCUT2D eigenvalue weighted by Gasteiger charge is -2.17. The first-order chi connectivity index (χ1) is 5.27. The minimum absolute atomic E-state index is 0.577. The summed E-state index contributed by atoms with van der Waals surface area (Å²) in [6, 6.07) is 0. The van der Waals surface area contributed by atoms with Crippen LogP contribution in [0.5, 0.6) is 0 Å². The predicted molar refractivity (Wildman–Crippen MR) is 48.6 cm³/mol. The average molecular weight is 169 g/mol. The van der Waals surface area contributed by atoms with E-state index < -0.39 is 0 Å². The molecule has 0 radical (unpaired) electrons. The van der Waals surface area contributed by atoms with Crippen LogP contribution in [0.3, 0.4) is 0 Å². The van der Waals surface area contributed by atoms with Gasteiger partial charge in [-0.05, 0) is 43.3 Å². The van der Waals surface area contributed by atoms with Crippen molar-refractivity contribution in [1.82, 2.24) is 0 Å². The van der Waals surface area contributed by atoms with E-state index in [0.29, 0.717) is 5.92 Å². The van der Waals surface area contributed by atoms with E-state index in [9.17, 15) is 0 Å². The predicted octanol–water partition coefficient (Wildman–Crippen LogP) is 3.63. The largest absolute Gasteiger partial charge is 0.0888 e. The molecule has 0 aromatic carbocycles. The van der Waals surface area contributed by atoms with Gasteiger partial charge in [0.2, 0.25) is 0 Å². The second kappa shape index (κ2) is 2.67. The monoisotopic (exact) mass is 168 g/mol. The van der Waals surface area contributed by atoms with Crippen LogP contribution in [0.2, 0.25) is 0 Å². The summed E-state index contributed by atoms with van der Waals surface area (Å²) in [5, 5.41) is 1.06. The summed E-state index contributed by atoms with van der Waals surface area (Å²) in [6.07, 6.45) is 7.33. The Morgan fingerprint density at radius 1 is 1.45 bits per heavy atom. The van der Waals surface area contributed by atoms with Gasteiger partial charge in [0, 0.05) is 5.03 Å². The van der Waals surface area contributed by atoms with Crippen molar-refractivity contribution in [3.63, 3.8) is 0 Å². The van der Waals surface area contributed by atoms with E-state index in [0.717, 1.165) is 5.03 Å². The van der Waals surface area contributed by atoms with Crippen molar-refractivity contribution < 1.29 is 0 Å². The van der Waals surface area contributed by atoms with Gasteiger partial charge in [-0.2, -0.15) is 0 Å². The van der Waals surface area contributed by atoms with Gasteiger partial charge in [-0.25, -0.2) is 0 Å². The number of rotatable bonds is 0. The molecule has 1 unspecified atom stereocenters. The number of hydrogen-bond acceptors (Lipinski definition) is 0. The lowest BCUT2D eigenvalue weighted by molar-refractivity contribution is 0.676. The molecule has 0 heterocycles. The molecule has 0 saturated carbocycles. The summed E-state index contributed by atoms with van der Waals surface area (Å²) in [7, 11) is 0. The van der Waals surface area contributed by atoms with Crippen LogP contribution in [0.25, 0.3) is 0 Å². The van der Waals surface area contributed by atoms with Crippen LogP contribution >= 0.6 is 11.6 Å². The molecular weight excluding hydrogens is 156 g/mol. The third-order valence-electron chi connectivity index (χ3n) is 2.71. The van der Waals surface area contributed by atoms with Crippen molar-refractivity contribution in [3.8, 4) is 0 Å². The molecular formula is C10H13Cl. The summed E-state index contributed by atoms with van der Waals surface area (Å²) in [5.41, 5.74) is 3.20. The topological polar surface area (TPSA) is 0 Å². The fraction of sp³-hybridized carbons (Fsp3) is 0.600. The fourth-order valence-electron chi connectivity index (χ4n) is 2.01. The smallest absolute Gasteiger partial charge is 0.0215 e. The molecule has 0 spiro atoms. The Labute approximate surface area is 72.9 Å². The molecule has 0 aromatic heterocycles. The Morgan fingerprint density at radius 3 is 3.09 bits per heavy atom. The minimum atomic E-state index is 0.577. The van der Waals surface area contributed by atoms with Crippen LogP contribution in [-0.4, -0.2) is 0 Å². The Kier molecular flexibility index (Phi) is 1.80. The molecule has 2 rings (SSSR count). The van der Waals surface area contributed by atoms with E-state index in [1.54, 1.807) is 5.57 Å². The third-order valence-corrected chi connectivity index (χ3v) is 3.20. The number of allylic oxidation sites excluding steroid dienone is 4. The number of halogens is 1. The van der Waals surface area contributed by atoms with Crippen LogP contribution in [0.1, 0.15) is 32.6 Å². The highest BCUT2D eigenvalue weighted by Crippen LogP contribution is 2.39. The molecule has 60 valence electrons. The lowest BCUT2D eigenvalue weighted by Crippen LogP contribution is -2.02. The van der Waals surface area contributed by atoms with Crippen molar-refractivity contribution in [3.05, 3.63) is 22.3 Å². The zero-order valence-corrected chi connectivity index (χ0v) is 7.62. The molecule has 0 aliphatic heterocycles. The minimum Gasteiger partial charge on any atom is -0.0888 e. The van der Waals surface area contributed by atoms with Crippen molar-refractivity contribution in [2.75, 3.05) is 0 Å². The molecule has 0 aromatic rings. The van der Waals surface area contributed by atoms with Gasteiger partial charge in [0.15, 0.2) is 0 Å². The summed E-state index contributed by atoms with van der Waals surface area (Å²) in [5.74, 6) is 0.577. The van der Waals surface area contributed by atoms with Gasteiger partial charge in [0.05, 0.1) is 0 Å². The first kappa shape index (κ1) is 7.42. The molecule has 11 heavy (non-hydrogen) atoms. The molecule has 0 saturated heterocycles. The van der Waals surface area contributed by atoms with Gasteiger partial charge < -0.3 is 0 Å². The molecule has 0 nitrogen and oxygen atoms in total. The van der Waals surface area contributed by atoms with E-state index in [4.69, 9.17) is 11.6 Å². The maximum absolute atomic E-state index is 6.06. The van der Waals surface area contributed by atoms with Gasteiger partial charge in [-0.15, -0.1) is 0 Å². The molecule has 2 aliphatic rings. The summed E-state index contributed by atoms with van der Waals surface area (Å²) in [6.45, 7) is 2.21. The maximum atomic E-state index is 6.06. The zero-order chi connectivity index (χ0) is 7.84. The zero-order valence-electron chi connectivity index (χ0n) is 6.86. The highest BCUT2D eigenvalue weighted by molar-refractivity contribution is 6.30. The van der Waals surface area contributed by atoms with Gasteiger partial charge in [-0.3, -0.25) is 0 Å². The van der Waals surface area contributed by atoms with Crippen molar-refractivity contribution in [2.24, 2.45) is 5.92 Å². The lowest BCUT2D eigenvalue weighted by atomic mass is 9.92. The summed E-state index contributed by atoms with van der Waals surface area (Å²) in [4.78, 5) is 0. The summed E-state index contributed by atoms with van der Waals surface area (Å²) >= 11 is 6.06. The normalized spacial score (nSPS) is 30.4. The van der Waals surface area contributed by atoms with Gasteiger partial charge >= 0.3 is 0 Å². The van der Waals surface area contributed by atoms with Gasteiger partial charge in [0.1, 0.15) is 0 Å². The Morgan fingerprint density at radius 2 is 2.27 bits per heavy atom. The van der Waals surface area contributed by atoms with Crippen LogP contribution < -0.4 is 0 Å². The molecule has 0 N–H and O–H groups in total. The second-order valence-corrected chi connectivity index (χ2v) is 4.05. The Bertz CT molecular complexity index is 235. The second-order valence-electron chi connectivity index (χ2n) is 3.62. The van der Waals surface area contributed by atoms with Crippen molar-refractivity contribution in [1.29, 1.82) is 0 Å². The van der Waals surface area contributed by atoms with E-state index in [-0.39, 0.29) is 0 Å². The highest BCUT2D eigenvalue weighted by Gasteiger charge is 2.21. The van der Waals surface area contributed by atoms with Crippen LogP contribution in [0.4, 0.5) is 0 Å². The third kappa shape index (κ3) is 1.24. The first-order valence-electron chi connectivity index (χ1n) is 4.35. The first-order valence-corrected chi connectivity index (χ1v) is 4.73. The van der Waals surface area contributed by atoms with Crippen molar-refractivity contribution >= 4 is 11.6 Å². The Balaban J connectivity index is 2.29. The average Bonchev–Trinajstić information content (AvgIpc) is 2.36. The SMILES string of the molecule is CC1CC2=C(C=C1Cl)CCC2. The van der Waals surface area contributed by atoms with Crippen LogP contribution in [0, 0.1) is 5.92 Å². The standard InChI is InChI=1S/C10H13Cl/c1-7-5-8-3-2-4-9(8)6-10(7)11/h6-7H,2-5H2,1H3. The van der Waals surface area contributed by atoms with Crippen LogP contribution in [0.15, 0.2) is 22.3 Å². The van der Waals surface area contributed by atoms with E-state index in [1.165, 1.54) is 31.3 Å². The highest BCUT2D eigenvalue weighted by atomic mass is 35.5. The fourth-order valence-corrected chi connectivity index (χ4v) is 2.22. The quantitative estimate of drug-likeness (QED) is 0.518. The maximum Gasteiger partial charge on any atom is 0.0215 e. The molecule has 0 amide bonds. The molecule has 0 bridgehead atoms. The summed E-state index contributed by atoms with van der Waals surface area (Å²) < 4.78 is 0. The number of hydrogen-bond donors (Lipinski definition) is 0. The van der Waals surface area contributed by atoms with Crippen molar-refractivity contribution in [2.45, 2.75) is 32.6 Å².